The molecule has 0 saturated carbocycles. The number of nitrogens with zero attached hydrogens (tertiary/aromatic N) is 5. The standard InChI is InChI=1S/C24H27ClN6O2/c1-15-3-6-22(23(25)7-15)17-8-18(10-21(9-17)31-14-26-28-29-31)24(32)27-16(2)11-30-19-4-5-20(30)13-33-12-19/h3,6-10,14,16,19-20H,4-5,11-13H2,1-2H3,(H,27,32). The first kappa shape index (κ1) is 22.0. The number of benzene rings is 2. The van der Waals surface area contributed by atoms with E-state index in [-0.39, 0.29) is 11.9 Å². The van der Waals surface area contributed by atoms with E-state index < -0.39 is 0 Å². The van der Waals surface area contributed by atoms with Gasteiger partial charge in [-0.3, -0.25) is 9.69 Å². The van der Waals surface area contributed by atoms with Crippen LogP contribution >= 0.6 is 11.6 Å². The third-order valence-electron chi connectivity index (χ3n) is 6.48. The molecule has 3 atom stereocenters. The molecule has 3 aromatic rings. The average Bonchev–Trinajstić information content (AvgIpc) is 3.39. The molecule has 2 aliphatic heterocycles. The summed E-state index contributed by atoms with van der Waals surface area (Å²) in [5, 5.41) is 15.3. The molecule has 2 saturated heterocycles. The predicted molar refractivity (Wildman–Crippen MR) is 126 cm³/mol. The number of aromatic nitrogens is 4. The summed E-state index contributed by atoms with van der Waals surface area (Å²) in [4.78, 5) is 15.8. The lowest BCUT2D eigenvalue weighted by atomic mass is 10.00. The first-order valence-corrected chi connectivity index (χ1v) is 11.6. The normalized spacial score (nSPS) is 21.2. The van der Waals surface area contributed by atoms with Gasteiger partial charge in [0.1, 0.15) is 6.33 Å². The van der Waals surface area contributed by atoms with Crippen molar-refractivity contribution < 1.29 is 9.53 Å². The Morgan fingerprint density at radius 2 is 2.00 bits per heavy atom. The Morgan fingerprint density at radius 1 is 1.21 bits per heavy atom. The van der Waals surface area contributed by atoms with E-state index in [1.54, 1.807) is 6.07 Å². The van der Waals surface area contributed by atoms with Gasteiger partial charge in [0, 0.05) is 40.8 Å². The number of hydrogen-bond acceptors (Lipinski definition) is 6. The molecule has 2 aromatic carbocycles. The second-order valence-electron chi connectivity index (χ2n) is 9.00. The Morgan fingerprint density at radius 3 is 2.70 bits per heavy atom. The zero-order valence-corrected chi connectivity index (χ0v) is 19.5. The van der Waals surface area contributed by atoms with Gasteiger partial charge in [-0.25, -0.2) is 4.68 Å². The molecule has 3 unspecified atom stereocenters. The van der Waals surface area contributed by atoms with Crippen molar-refractivity contribution >= 4 is 17.5 Å². The molecule has 1 N–H and O–H groups in total. The minimum absolute atomic E-state index is 0.00167. The largest absolute Gasteiger partial charge is 0.378 e. The molecule has 0 radical (unpaired) electrons. The highest BCUT2D eigenvalue weighted by molar-refractivity contribution is 6.33. The van der Waals surface area contributed by atoms with Crippen LogP contribution in [0.25, 0.3) is 16.8 Å². The van der Waals surface area contributed by atoms with Crippen LogP contribution in [0.2, 0.25) is 5.02 Å². The average molecular weight is 467 g/mol. The second kappa shape index (κ2) is 9.21. The lowest BCUT2D eigenvalue weighted by Gasteiger charge is -2.36. The Kier molecular flexibility index (Phi) is 6.14. The maximum absolute atomic E-state index is 13.3. The van der Waals surface area contributed by atoms with Crippen molar-refractivity contribution in [3.05, 3.63) is 58.9 Å². The number of amides is 1. The molecule has 5 rings (SSSR count). The van der Waals surface area contributed by atoms with E-state index in [4.69, 9.17) is 16.3 Å². The molecule has 172 valence electrons. The summed E-state index contributed by atoms with van der Waals surface area (Å²) in [6.45, 7) is 6.43. The fraction of sp³-hybridized carbons (Fsp3) is 0.417. The highest BCUT2D eigenvalue weighted by Crippen LogP contribution is 2.31. The number of morpholine rings is 1. The fourth-order valence-corrected chi connectivity index (χ4v) is 5.19. The van der Waals surface area contributed by atoms with Crippen LogP contribution in [0.4, 0.5) is 0 Å². The summed E-state index contributed by atoms with van der Waals surface area (Å²) in [6, 6.07) is 12.4. The third kappa shape index (κ3) is 4.64. The fourth-order valence-electron chi connectivity index (χ4n) is 4.84. The molecule has 9 heteroatoms. The van der Waals surface area contributed by atoms with Gasteiger partial charge < -0.3 is 10.1 Å². The molecule has 3 heterocycles. The second-order valence-corrected chi connectivity index (χ2v) is 9.41. The lowest BCUT2D eigenvalue weighted by Crippen LogP contribution is -2.51. The first-order valence-electron chi connectivity index (χ1n) is 11.3. The topological polar surface area (TPSA) is 85.2 Å². The van der Waals surface area contributed by atoms with Crippen molar-refractivity contribution in [2.24, 2.45) is 0 Å². The van der Waals surface area contributed by atoms with Crippen molar-refractivity contribution in [1.29, 1.82) is 0 Å². The van der Waals surface area contributed by atoms with Gasteiger partial charge in [0.05, 0.1) is 18.9 Å². The van der Waals surface area contributed by atoms with E-state index >= 15 is 0 Å². The number of halogens is 1. The maximum atomic E-state index is 13.3. The van der Waals surface area contributed by atoms with Crippen LogP contribution in [0, 0.1) is 6.92 Å². The van der Waals surface area contributed by atoms with Crippen molar-refractivity contribution in [2.75, 3.05) is 19.8 Å². The van der Waals surface area contributed by atoms with E-state index in [1.165, 1.54) is 23.9 Å². The molecule has 0 spiro atoms. The zero-order chi connectivity index (χ0) is 22.9. The number of hydrogen-bond donors (Lipinski definition) is 1. The molecule has 2 aliphatic rings. The number of rotatable bonds is 6. The van der Waals surface area contributed by atoms with Gasteiger partial charge in [-0.15, -0.1) is 5.10 Å². The van der Waals surface area contributed by atoms with Crippen molar-refractivity contribution in [1.82, 2.24) is 30.4 Å². The van der Waals surface area contributed by atoms with Gasteiger partial charge in [-0.1, -0.05) is 23.7 Å². The smallest absolute Gasteiger partial charge is 0.251 e. The predicted octanol–water partition coefficient (Wildman–Crippen LogP) is 3.27. The number of tetrazole rings is 1. The third-order valence-corrected chi connectivity index (χ3v) is 6.80. The lowest BCUT2D eigenvalue weighted by molar-refractivity contribution is -0.0173. The minimum Gasteiger partial charge on any atom is -0.378 e. The minimum atomic E-state index is -0.137. The van der Waals surface area contributed by atoms with Gasteiger partial charge in [-0.2, -0.15) is 0 Å². The molecule has 8 nitrogen and oxygen atoms in total. The van der Waals surface area contributed by atoms with E-state index in [1.807, 2.05) is 37.3 Å². The van der Waals surface area contributed by atoms with Crippen LogP contribution < -0.4 is 5.32 Å². The quantitative estimate of drug-likeness (QED) is 0.600. The van der Waals surface area contributed by atoms with Gasteiger partial charge in [0.2, 0.25) is 0 Å². The number of carbonyl (C=O) groups is 1. The molecule has 2 fully saturated rings. The van der Waals surface area contributed by atoms with Crippen molar-refractivity contribution in [2.45, 2.75) is 44.8 Å². The molecule has 0 aliphatic carbocycles. The summed E-state index contributed by atoms with van der Waals surface area (Å²) in [5.74, 6) is -0.137. The highest BCUT2D eigenvalue weighted by atomic mass is 35.5. The van der Waals surface area contributed by atoms with Crippen LogP contribution in [0.1, 0.15) is 35.7 Å². The summed E-state index contributed by atoms with van der Waals surface area (Å²) >= 11 is 6.54. The summed E-state index contributed by atoms with van der Waals surface area (Å²) < 4.78 is 7.22. The number of carbonyl (C=O) groups excluding carboxylic acids is 1. The Hall–Kier alpha value is -2.81. The molecular weight excluding hydrogens is 440 g/mol. The van der Waals surface area contributed by atoms with Crippen molar-refractivity contribution in [3.8, 4) is 16.8 Å². The van der Waals surface area contributed by atoms with Gasteiger partial charge >= 0.3 is 0 Å². The summed E-state index contributed by atoms with van der Waals surface area (Å²) in [7, 11) is 0. The number of nitrogens with one attached hydrogen (secondary N) is 1. The van der Waals surface area contributed by atoms with Crippen LogP contribution in [-0.2, 0) is 4.74 Å². The van der Waals surface area contributed by atoms with Crippen molar-refractivity contribution in [3.63, 3.8) is 0 Å². The van der Waals surface area contributed by atoms with E-state index in [2.05, 4.69) is 32.7 Å². The van der Waals surface area contributed by atoms with E-state index in [0.29, 0.717) is 28.4 Å². The van der Waals surface area contributed by atoms with Gasteiger partial charge in [-0.05, 0) is 72.5 Å². The van der Waals surface area contributed by atoms with Crippen LogP contribution in [0.5, 0.6) is 0 Å². The van der Waals surface area contributed by atoms with Crippen LogP contribution in [0.15, 0.2) is 42.7 Å². The van der Waals surface area contributed by atoms with E-state index in [0.717, 1.165) is 36.4 Å². The highest BCUT2D eigenvalue weighted by Gasteiger charge is 2.37. The molecule has 1 amide bonds. The summed E-state index contributed by atoms with van der Waals surface area (Å²) in [6.07, 6.45) is 3.84. The molecule has 33 heavy (non-hydrogen) atoms. The number of fused-ring (bicyclic) bond motifs is 2. The zero-order valence-electron chi connectivity index (χ0n) is 18.7. The molecular formula is C24H27ClN6O2. The van der Waals surface area contributed by atoms with E-state index in [9.17, 15) is 4.79 Å². The Labute approximate surface area is 197 Å². The Bertz CT molecular complexity index is 1140. The Balaban J connectivity index is 1.40. The van der Waals surface area contributed by atoms with Gasteiger partial charge in [0.15, 0.2) is 0 Å². The monoisotopic (exact) mass is 466 g/mol. The number of ether oxygens (including phenoxy) is 1. The SMILES string of the molecule is Cc1ccc(-c2cc(C(=O)NC(C)CN3C4CCC3COC4)cc(-n3cnnn3)c2)c(Cl)c1. The first-order chi connectivity index (χ1) is 16.0. The molecule has 1 aromatic heterocycles. The molecule has 2 bridgehead atoms. The van der Waals surface area contributed by atoms with Crippen LogP contribution in [-0.4, -0.2) is 68.9 Å². The van der Waals surface area contributed by atoms with Gasteiger partial charge in [0.25, 0.3) is 5.91 Å². The maximum Gasteiger partial charge on any atom is 0.251 e. The number of aryl methyl sites for hydroxylation is 1. The van der Waals surface area contributed by atoms with Crippen LogP contribution in [0.3, 0.4) is 0 Å². The summed E-state index contributed by atoms with van der Waals surface area (Å²) in [5.41, 5.74) is 3.98.